The van der Waals surface area contributed by atoms with E-state index < -0.39 is 0 Å². The van der Waals surface area contributed by atoms with E-state index in [1.165, 1.54) is 5.39 Å². The number of hydrogen-bond donors (Lipinski definition) is 1. The molecule has 3 heterocycles. The minimum atomic E-state index is 0.918. The number of allylic oxidation sites excluding steroid dienone is 1. The monoisotopic (exact) mass is 223 g/mol. The lowest BCUT2D eigenvalue weighted by Crippen LogP contribution is -1.78. The van der Waals surface area contributed by atoms with E-state index in [1.807, 2.05) is 24.7 Å². The Morgan fingerprint density at radius 2 is 2.24 bits per heavy atom. The highest BCUT2D eigenvalue weighted by atomic mass is 14.9. The van der Waals surface area contributed by atoms with Gasteiger partial charge in [-0.05, 0) is 24.1 Å². The fourth-order valence-electron chi connectivity index (χ4n) is 1.99. The summed E-state index contributed by atoms with van der Waals surface area (Å²) >= 11 is 0. The predicted molar refractivity (Wildman–Crippen MR) is 70.7 cm³/mol. The van der Waals surface area contributed by atoms with Crippen molar-refractivity contribution in [1.29, 1.82) is 0 Å². The van der Waals surface area contributed by atoms with Gasteiger partial charge in [-0.15, -0.1) is 0 Å². The number of fused-ring (bicyclic) bond motifs is 3. The molecule has 0 saturated heterocycles. The number of pyridine rings is 2. The summed E-state index contributed by atoms with van der Waals surface area (Å²) in [6.07, 6.45) is 10.8. The molecular weight excluding hydrogens is 210 g/mol. The van der Waals surface area contributed by atoms with E-state index >= 15 is 0 Å². The van der Waals surface area contributed by atoms with Crippen molar-refractivity contribution in [3.8, 4) is 0 Å². The van der Waals surface area contributed by atoms with Gasteiger partial charge >= 0.3 is 0 Å². The van der Waals surface area contributed by atoms with Gasteiger partial charge in [0.1, 0.15) is 5.65 Å². The van der Waals surface area contributed by atoms with Gasteiger partial charge in [0.2, 0.25) is 0 Å². The molecule has 0 spiro atoms. The first-order valence-electron chi connectivity index (χ1n) is 5.76. The first-order valence-corrected chi connectivity index (χ1v) is 5.76. The molecule has 0 amide bonds. The molecule has 1 N–H and O–H groups in total. The standard InChI is InChI=1S/C14H13N3/c1-2-3-4-10-7-12-11-5-6-15-9-13(11)17-14(12)16-8-10/h3-9H,2H2,1H3,(H,16,17)/b4-3+. The van der Waals surface area contributed by atoms with E-state index in [9.17, 15) is 0 Å². The van der Waals surface area contributed by atoms with Gasteiger partial charge in [0, 0.05) is 23.2 Å². The van der Waals surface area contributed by atoms with Crippen LogP contribution in [-0.4, -0.2) is 15.0 Å². The first kappa shape index (κ1) is 10.0. The number of rotatable bonds is 2. The van der Waals surface area contributed by atoms with Crippen LogP contribution in [0.2, 0.25) is 0 Å². The van der Waals surface area contributed by atoms with Crippen LogP contribution in [0.15, 0.2) is 36.8 Å². The zero-order valence-electron chi connectivity index (χ0n) is 9.64. The minimum absolute atomic E-state index is 0.918. The third-order valence-corrected chi connectivity index (χ3v) is 2.82. The molecular formula is C14H13N3. The normalized spacial score (nSPS) is 11.8. The predicted octanol–water partition coefficient (Wildman–Crippen LogP) is 3.53. The molecule has 84 valence electrons. The van der Waals surface area contributed by atoms with Gasteiger partial charge in [0.05, 0.1) is 11.7 Å². The fraction of sp³-hybridized carbons (Fsp3) is 0.143. The lowest BCUT2D eigenvalue weighted by molar-refractivity contribution is 1.23. The summed E-state index contributed by atoms with van der Waals surface area (Å²) in [5, 5.41) is 2.33. The van der Waals surface area contributed by atoms with Gasteiger partial charge < -0.3 is 4.98 Å². The zero-order valence-corrected chi connectivity index (χ0v) is 9.64. The van der Waals surface area contributed by atoms with Gasteiger partial charge in [-0.2, -0.15) is 0 Å². The molecule has 0 aliphatic rings. The number of hydrogen-bond acceptors (Lipinski definition) is 2. The number of nitrogens with zero attached hydrogens (tertiary/aromatic N) is 2. The molecule has 3 aromatic rings. The van der Waals surface area contributed by atoms with Crippen molar-refractivity contribution < 1.29 is 0 Å². The topological polar surface area (TPSA) is 41.6 Å². The Morgan fingerprint density at radius 1 is 1.29 bits per heavy atom. The van der Waals surface area contributed by atoms with E-state index in [0.717, 1.165) is 28.5 Å². The molecule has 3 aromatic heterocycles. The molecule has 0 aromatic carbocycles. The average molecular weight is 223 g/mol. The summed E-state index contributed by atoms with van der Waals surface area (Å²) in [5.41, 5.74) is 3.09. The van der Waals surface area contributed by atoms with Gasteiger partial charge in [-0.1, -0.05) is 19.1 Å². The van der Waals surface area contributed by atoms with Gasteiger partial charge in [0.25, 0.3) is 0 Å². The summed E-state index contributed by atoms with van der Waals surface area (Å²) < 4.78 is 0. The second kappa shape index (κ2) is 4.01. The third-order valence-electron chi connectivity index (χ3n) is 2.82. The molecule has 3 rings (SSSR count). The molecule has 3 nitrogen and oxygen atoms in total. The molecule has 3 heteroatoms. The van der Waals surface area contributed by atoms with Crippen molar-refractivity contribution in [1.82, 2.24) is 15.0 Å². The average Bonchev–Trinajstić information content (AvgIpc) is 2.74. The zero-order chi connectivity index (χ0) is 11.7. The van der Waals surface area contributed by atoms with Crippen molar-refractivity contribution >= 4 is 28.0 Å². The van der Waals surface area contributed by atoms with E-state index in [-0.39, 0.29) is 0 Å². The highest BCUT2D eigenvalue weighted by Crippen LogP contribution is 2.24. The summed E-state index contributed by atoms with van der Waals surface area (Å²) in [4.78, 5) is 11.8. The number of nitrogens with one attached hydrogen (secondary N) is 1. The minimum Gasteiger partial charge on any atom is -0.338 e. The van der Waals surface area contributed by atoms with E-state index in [2.05, 4.69) is 40.1 Å². The van der Waals surface area contributed by atoms with Crippen LogP contribution < -0.4 is 0 Å². The number of aromatic amines is 1. The lowest BCUT2D eigenvalue weighted by atomic mass is 10.1. The quantitative estimate of drug-likeness (QED) is 0.722. The van der Waals surface area contributed by atoms with E-state index in [0.29, 0.717) is 0 Å². The Morgan fingerprint density at radius 3 is 3.12 bits per heavy atom. The van der Waals surface area contributed by atoms with Crippen LogP contribution in [0.4, 0.5) is 0 Å². The molecule has 0 unspecified atom stereocenters. The molecule has 17 heavy (non-hydrogen) atoms. The van der Waals surface area contributed by atoms with Gasteiger partial charge in [-0.25, -0.2) is 4.98 Å². The highest BCUT2D eigenvalue weighted by Gasteiger charge is 2.04. The fourth-order valence-corrected chi connectivity index (χ4v) is 1.99. The summed E-state index contributed by atoms with van der Waals surface area (Å²) in [6.45, 7) is 2.12. The van der Waals surface area contributed by atoms with Crippen molar-refractivity contribution in [2.75, 3.05) is 0 Å². The molecule has 0 atom stereocenters. The molecule has 0 bridgehead atoms. The smallest absolute Gasteiger partial charge is 0.138 e. The summed E-state index contributed by atoms with van der Waals surface area (Å²) in [7, 11) is 0. The summed E-state index contributed by atoms with van der Waals surface area (Å²) in [5.74, 6) is 0. The van der Waals surface area contributed by atoms with Crippen LogP contribution in [0.3, 0.4) is 0 Å². The van der Waals surface area contributed by atoms with Crippen LogP contribution in [0.1, 0.15) is 18.9 Å². The van der Waals surface area contributed by atoms with Crippen LogP contribution >= 0.6 is 0 Å². The molecule has 0 fully saturated rings. The van der Waals surface area contributed by atoms with Crippen LogP contribution in [0, 0.1) is 0 Å². The van der Waals surface area contributed by atoms with E-state index in [4.69, 9.17) is 0 Å². The first-order chi connectivity index (χ1) is 8.38. The SMILES string of the molecule is CC/C=C/c1cnc2[nH]c3cnccc3c2c1. The Hall–Kier alpha value is -2.16. The van der Waals surface area contributed by atoms with Gasteiger partial charge in [0.15, 0.2) is 0 Å². The highest BCUT2D eigenvalue weighted by molar-refractivity contribution is 6.05. The van der Waals surface area contributed by atoms with Crippen molar-refractivity contribution in [2.45, 2.75) is 13.3 Å². The van der Waals surface area contributed by atoms with E-state index in [1.54, 1.807) is 0 Å². The number of aromatic nitrogens is 3. The largest absolute Gasteiger partial charge is 0.338 e. The second-order valence-corrected chi connectivity index (χ2v) is 4.02. The lowest BCUT2D eigenvalue weighted by Gasteiger charge is -1.94. The van der Waals surface area contributed by atoms with Crippen molar-refractivity contribution in [2.24, 2.45) is 0 Å². The maximum atomic E-state index is 4.44. The molecule has 0 aliphatic heterocycles. The third kappa shape index (κ3) is 1.69. The van der Waals surface area contributed by atoms with Gasteiger partial charge in [-0.3, -0.25) is 4.98 Å². The summed E-state index contributed by atoms with van der Waals surface area (Å²) in [6, 6.07) is 4.18. The van der Waals surface area contributed by atoms with Crippen LogP contribution in [0.5, 0.6) is 0 Å². The maximum Gasteiger partial charge on any atom is 0.138 e. The van der Waals surface area contributed by atoms with Crippen molar-refractivity contribution in [3.63, 3.8) is 0 Å². The molecule has 0 radical (unpaired) electrons. The Labute approximate surface area is 99.2 Å². The van der Waals surface area contributed by atoms with Crippen LogP contribution in [-0.2, 0) is 0 Å². The molecule has 0 saturated carbocycles. The maximum absolute atomic E-state index is 4.44. The number of H-pyrrole nitrogens is 1. The Balaban J connectivity index is 2.26. The van der Waals surface area contributed by atoms with Crippen molar-refractivity contribution in [3.05, 3.63) is 42.4 Å². The molecule has 0 aliphatic carbocycles. The Kier molecular flexibility index (Phi) is 2.37. The van der Waals surface area contributed by atoms with Crippen LogP contribution in [0.25, 0.3) is 28.0 Å². The second-order valence-electron chi connectivity index (χ2n) is 4.02. The Bertz CT molecular complexity index is 695.